The molecular weight excluding hydrogens is 224 g/mol. The average Bonchev–Trinajstić information content (AvgIpc) is 2.84. The van der Waals surface area contributed by atoms with E-state index in [1.807, 2.05) is 17.0 Å². The van der Waals surface area contributed by atoms with E-state index >= 15 is 0 Å². The van der Waals surface area contributed by atoms with Crippen LogP contribution in [0.4, 0.5) is 0 Å². The Hall–Kier alpha value is -1.35. The normalized spacial score (nSPS) is 22.9. The van der Waals surface area contributed by atoms with Gasteiger partial charge in [-0.1, -0.05) is 19.1 Å². The zero-order valence-corrected chi connectivity index (χ0v) is 10.9. The van der Waals surface area contributed by atoms with Crippen molar-refractivity contribution in [1.29, 1.82) is 0 Å². The van der Waals surface area contributed by atoms with Gasteiger partial charge in [-0.05, 0) is 42.5 Å². The number of nitrogens with zero attached hydrogens (tertiary/aromatic N) is 1. The quantitative estimate of drug-likeness (QED) is 0.817. The van der Waals surface area contributed by atoms with Gasteiger partial charge in [0.1, 0.15) is 0 Å². The second kappa shape index (κ2) is 4.73. The Labute approximate surface area is 108 Å². The number of carbonyl (C=O) groups excluding carboxylic acids is 1. The van der Waals surface area contributed by atoms with Crippen LogP contribution in [0.15, 0.2) is 18.2 Å². The topological polar surface area (TPSA) is 32.3 Å². The van der Waals surface area contributed by atoms with Gasteiger partial charge in [0.25, 0.3) is 5.91 Å². The Bertz CT molecular complexity index is 470. The lowest BCUT2D eigenvalue weighted by molar-refractivity contribution is 0.0786. The van der Waals surface area contributed by atoms with Crippen molar-refractivity contribution in [2.24, 2.45) is 5.92 Å². The molecule has 0 spiro atoms. The summed E-state index contributed by atoms with van der Waals surface area (Å²) >= 11 is 0. The predicted molar refractivity (Wildman–Crippen MR) is 71.5 cm³/mol. The summed E-state index contributed by atoms with van der Waals surface area (Å²) in [5, 5.41) is 3.36. The van der Waals surface area contributed by atoms with Crippen molar-refractivity contribution in [3.8, 4) is 0 Å². The summed E-state index contributed by atoms with van der Waals surface area (Å²) < 4.78 is 0. The van der Waals surface area contributed by atoms with Gasteiger partial charge in [-0.3, -0.25) is 4.79 Å². The van der Waals surface area contributed by atoms with Crippen LogP contribution >= 0.6 is 0 Å². The second-order valence-corrected chi connectivity index (χ2v) is 5.52. The van der Waals surface area contributed by atoms with Crippen LogP contribution in [0, 0.1) is 5.92 Å². The van der Waals surface area contributed by atoms with E-state index in [1.165, 1.54) is 11.1 Å². The fourth-order valence-corrected chi connectivity index (χ4v) is 3.02. The van der Waals surface area contributed by atoms with Crippen molar-refractivity contribution in [3.63, 3.8) is 0 Å². The molecule has 0 radical (unpaired) electrons. The standard InChI is InChI=1S/C15H20N2O/c1-11-6-8-17(10-11)15(18)14-4-2-3-12-9-16-7-5-13(12)14/h2-4,11,16H,5-10H2,1H3. The van der Waals surface area contributed by atoms with Crippen molar-refractivity contribution in [1.82, 2.24) is 10.2 Å². The van der Waals surface area contributed by atoms with Crippen LogP contribution in [-0.4, -0.2) is 30.4 Å². The minimum atomic E-state index is 0.234. The molecule has 0 saturated carbocycles. The van der Waals surface area contributed by atoms with Gasteiger partial charge in [0, 0.05) is 25.2 Å². The SMILES string of the molecule is CC1CCN(C(=O)c2cccc3c2CCNC3)C1. The van der Waals surface area contributed by atoms with E-state index in [0.29, 0.717) is 5.92 Å². The minimum Gasteiger partial charge on any atom is -0.338 e. The fourth-order valence-electron chi connectivity index (χ4n) is 3.02. The highest BCUT2D eigenvalue weighted by molar-refractivity contribution is 5.96. The van der Waals surface area contributed by atoms with E-state index < -0.39 is 0 Å². The molecule has 1 N–H and O–H groups in total. The summed E-state index contributed by atoms with van der Waals surface area (Å²) in [5.41, 5.74) is 3.49. The number of benzene rings is 1. The Morgan fingerprint density at radius 1 is 1.44 bits per heavy atom. The molecule has 2 aliphatic heterocycles. The van der Waals surface area contributed by atoms with Gasteiger partial charge in [-0.2, -0.15) is 0 Å². The molecule has 0 aromatic heterocycles. The molecule has 1 aromatic carbocycles. The van der Waals surface area contributed by atoms with Crippen molar-refractivity contribution >= 4 is 5.91 Å². The highest BCUT2D eigenvalue weighted by Crippen LogP contribution is 2.23. The van der Waals surface area contributed by atoms with Crippen LogP contribution in [0.2, 0.25) is 0 Å². The third-order valence-electron chi connectivity index (χ3n) is 4.08. The molecule has 1 amide bonds. The second-order valence-electron chi connectivity index (χ2n) is 5.52. The fraction of sp³-hybridized carbons (Fsp3) is 0.533. The number of carbonyl (C=O) groups is 1. The predicted octanol–water partition coefficient (Wildman–Crippen LogP) is 1.81. The van der Waals surface area contributed by atoms with Gasteiger partial charge in [0.15, 0.2) is 0 Å². The highest BCUT2D eigenvalue weighted by atomic mass is 16.2. The van der Waals surface area contributed by atoms with Crippen LogP contribution in [0.1, 0.15) is 34.8 Å². The number of fused-ring (bicyclic) bond motifs is 1. The lowest BCUT2D eigenvalue weighted by Gasteiger charge is -2.23. The molecule has 18 heavy (non-hydrogen) atoms. The molecule has 0 aliphatic carbocycles. The van der Waals surface area contributed by atoms with Gasteiger partial charge in [0.2, 0.25) is 0 Å². The van der Waals surface area contributed by atoms with Crippen LogP contribution in [0.5, 0.6) is 0 Å². The third-order valence-corrected chi connectivity index (χ3v) is 4.08. The lowest BCUT2D eigenvalue weighted by atomic mass is 9.95. The summed E-state index contributed by atoms with van der Waals surface area (Å²) in [4.78, 5) is 14.6. The van der Waals surface area contributed by atoms with Crippen molar-refractivity contribution < 1.29 is 4.79 Å². The number of likely N-dealkylation sites (tertiary alicyclic amines) is 1. The molecule has 3 nitrogen and oxygen atoms in total. The number of rotatable bonds is 1. The summed E-state index contributed by atoms with van der Waals surface area (Å²) in [5.74, 6) is 0.883. The molecule has 1 fully saturated rings. The van der Waals surface area contributed by atoms with Gasteiger partial charge >= 0.3 is 0 Å². The lowest BCUT2D eigenvalue weighted by Crippen LogP contribution is -2.32. The summed E-state index contributed by atoms with van der Waals surface area (Å²) in [6.45, 7) is 5.93. The Morgan fingerprint density at radius 3 is 3.11 bits per heavy atom. The van der Waals surface area contributed by atoms with Crippen LogP contribution in [-0.2, 0) is 13.0 Å². The van der Waals surface area contributed by atoms with Gasteiger partial charge in [-0.25, -0.2) is 0 Å². The first-order valence-electron chi connectivity index (χ1n) is 6.86. The van der Waals surface area contributed by atoms with E-state index in [2.05, 4.69) is 18.3 Å². The Kier molecular flexibility index (Phi) is 3.08. The summed E-state index contributed by atoms with van der Waals surface area (Å²) in [7, 11) is 0. The Morgan fingerprint density at radius 2 is 2.33 bits per heavy atom. The minimum absolute atomic E-state index is 0.234. The molecule has 1 saturated heterocycles. The van der Waals surface area contributed by atoms with E-state index in [9.17, 15) is 4.79 Å². The number of amides is 1. The maximum absolute atomic E-state index is 12.6. The van der Waals surface area contributed by atoms with Gasteiger partial charge in [-0.15, -0.1) is 0 Å². The van der Waals surface area contributed by atoms with Gasteiger partial charge < -0.3 is 10.2 Å². The monoisotopic (exact) mass is 244 g/mol. The molecule has 2 aliphatic rings. The first-order valence-corrected chi connectivity index (χ1v) is 6.86. The van der Waals surface area contributed by atoms with E-state index in [4.69, 9.17) is 0 Å². The van der Waals surface area contributed by atoms with Gasteiger partial charge in [0.05, 0.1) is 0 Å². The highest BCUT2D eigenvalue weighted by Gasteiger charge is 2.26. The van der Waals surface area contributed by atoms with Crippen molar-refractivity contribution in [2.45, 2.75) is 26.3 Å². The van der Waals surface area contributed by atoms with E-state index in [0.717, 1.165) is 44.6 Å². The first kappa shape index (κ1) is 11.7. The van der Waals surface area contributed by atoms with E-state index in [-0.39, 0.29) is 5.91 Å². The molecule has 3 rings (SSSR count). The molecule has 2 heterocycles. The number of hydrogen-bond acceptors (Lipinski definition) is 2. The molecule has 1 unspecified atom stereocenters. The van der Waals surface area contributed by atoms with Crippen LogP contribution in [0.3, 0.4) is 0 Å². The Balaban J connectivity index is 1.90. The largest absolute Gasteiger partial charge is 0.338 e. The summed E-state index contributed by atoms with van der Waals surface area (Å²) in [6.07, 6.45) is 2.11. The van der Waals surface area contributed by atoms with Crippen molar-refractivity contribution in [2.75, 3.05) is 19.6 Å². The van der Waals surface area contributed by atoms with Crippen LogP contribution in [0.25, 0.3) is 0 Å². The number of hydrogen-bond donors (Lipinski definition) is 1. The summed E-state index contributed by atoms with van der Waals surface area (Å²) in [6, 6.07) is 6.14. The van der Waals surface area contributed by atoms with Crippen molar-refractivity contribution in [3.05, 3.63) is 34.9 Å². The zero-order chi connectivity index (χ0) is 12.5. The van der Waals surface area contributed by atoms with Crippen LogP contribution < -0.4 is 5.32 Å². The number of nitrogens with one attached hydrogen (secondary N) is 1. The molecule has 1 aromatic rings. The molecule has 96 valence electrons. The maximum Gasteiger partial charge on any atom is 0.254 e. The average molecular weight is 244 g/mol. The first-order chi connectivity index (χ1) is 8.75. The third kappa shape index (κ3) is 2.03. The molecule has 1 atom stereocenters. The molecular formula is C15H20N2O. The zero-order valence-electron chi connectivity index (χ0n) is 10.9. The molecule has 3 heteroatoms. The smallest absolute Gasteiger partial charge is 0.254 e. The van der Waals surface area contributed by atoms with E-state index in [1.54, 1.807) is 0 Å². The molecule has 0 bridgehead atoms. The maximum atomic E-state index is 12.6.